The normalized spacial score (nSPS) is 15.4. The lowest BCUT2D eigenvalue weighted by atomic mass is 10.2. The Kier molecular flexibility index (Phi) is 6.92. The number of nitrogens with two attached hydrogens (primary N) is 1. The zero-order valence-corrected chi connectivity index (χ0v) is 16.0. The first-order valence-electron chi connectivity index (χ1n) is 8.28. The molecular weight excluding hydrogens is 354 g/mol. The molecule has 2 N–H and O–H groups in total. The number of nitrogen functional groups attached to an aromatic ring is 1. The van der Waals surface area contributed by atoms with Crippen LogP contribution in [-0.4, -0.2) is 58.2 Å². The largest absolute Gasteiger partial charge is 0.384 e. The summed E-state index contributed by atoms with van der Waals surface area (Å²) in [5.41, 5.74) is 8.23. The van der Waals surface area contributed by atoms with E-state index >= 15 is 0 Å². The highest BCUT2D eigenvalue weighted by atomic mass is 32.2. The van der Waals surface area contributed by atoms with Crippen molar-refractivity contribution in [1.29, 1.82) is 0 Å². The fourth-order valence-electron chi connectivity index (χ4n) is 2.62. The summed E-state index contributed by atoms with van der Waals surface area (Å²) in [5.74, 6) is 1.40. The van der Waals surface area contributed by atoms with Gasteiger partial charge in [-0.15, -0.1) is 11.8 Å². The number of ether oxygens (including phenoxy) is 1. The van der Waals surface area contributed by atoms with E-state index in [0.717, 1.165) is 60.9 Å². The third-order valence-electron chi connectivity index (χ3n) is 3.89. The molecule has 6 nitrogen and oxygen atoms in total. The molecule has 0 radical (unpaired) electrons. The van der Waals surface area contributed by atoms with Crippen molar-refractivity contribution >= 4 is 29.3 Å². The summed E-state index contributed by atoms with van der Waals surface area (Å²) in [7, 11) is 0. The summed E-state index contributed by atoms with van der Waals surface area (Å²) in [5, 5.41) is 1.63. The summed E-state index contributed by atoms with van der Waals surface area (Å²) in [4.78, 5) is 15.7. The second-order valence-electron chi connectivity index (χ2n) is 5.76. The number of anilines is 1. The summed E-state index contributed by atoms with van der Waals surface area (Å²) in [6.07, 6.45) is 4.77. The van der Waals surface area contributed by atoms with Crippen molar-refractivity contribution in [3.05, 3.63) is 35.7 Å². The molecule has 1 fully saturated rings. The number of morpholine rings is 1. The quantitative estimate of drug-likeness (QED) is 0.448. The lowest BCUT2D eigenvalue weighted by Gasteiger charge is -2.26. The van der Waals surface area contributed by atoms with Crippen LogP contribution < -0.4 is 5.73 Å². The van der Waals surface area contributed by atoms with Gasteiger partial charge in [0.2, 0.25) is 0 Å². The molecule has 0 atom stereocenters. The minimum absolute atomic E-state index is 0.521. The maximum absolute atomic E-state index is 5.82. The molecule has 0 spiro atoms. The molecule has 1 aliphatic heterocycles. The van der Waals surface area contributed by atoms with E-state index < -0.39 is 0 Å². The predicted octanol–water partition coefficient (Wildman–Crippen LogP) is 2.34. The zero-order chi connectivity index (χ0) is 17.5. The van der Waals surface area contributed by atoms with Crippen LogP contribution in [0.3, 0.4) is 0 Å². The van der Waals surface area contributed by atoms with Crippen molar-refractivity contribution in [2.75, 3.05) is 44.0 Å². The van der Waals surface area contributed by atoms with Gasteiger partial charge >= 0.3 is 0 Å². The van der Waals surface area contributed by atoms with Crippen molar-refractivity contribution in [3.8, 4) is 0 Å². The molecule has 25 heavy (non-hydrogen) atoms. The van der Waals surface area contributed by atoms with Crippen LogP contribution in [0, 0.1) is 0 Å². The number of pyridine rings is 1. The molecular formula is C17H23N5OS2. The molecule has 1 saturated heterocycles. The Morgan fingerprint density at radius 3 is 2.88 bits per heavy atom. The third-order valence-corrected chi connectivity index (χ3v) is 5.37. The van der Waals surface area contributed by atoms with Gasteiger partial charge in [0.1, 0.15) is 10.8 Å². The Labute approximate surface area is 157 Å². The van der Waals surface area contributed by atoms with Crippen molar-refractivity contribution in [2.24, 2.45) is 0 Å². The van der Waals surface area contributed by atoms with Crippen LogP contribution >= 0.6 is 23.5 Å². The number of aromatic nitrogens is 3. The van der Waals surface area contributed by atoms with Crippen molar-refractivity contribution in [2.45, 2.75) is 23.1 Å². The Morgan fingerprint density at radius 2 is 2.08 bits per heavy atom. The van der Waals surface area contributed by atoms with E-state index in [4.69, 9.17) is 10.5 Å². The van der Waals surface area contributed by atoms with E-state index in [1.54, 1.807) is 29.6 Å². The average Bonchev–Trinajstić information content (AvgIpc) is 2.62. The second-order valence-corrected chi connectivity index (χ2v) is 7.65. The Bertz CT molecular complexity index is 694. The molecule has 2 aromatic heterocycles. The van der Waals surface area contributed by atoms with Gasteiger partial charge in [0.05, 0.1) is 13.2 Å². The van der Waals surface area contributed by atoms with Crippen LogP contribution in [0.4, 0.5) is 5.82 Å². The number of hydrogen-bond acceptors (Lipinski definition) is 8. The standard InChI is InChI=1S/C17H23N5OS2/c1-24-16-11-15(18)20-17(21-16)25-9-3-14-10-13(2-4-19-14)12-22-5-7-23-8-6-22/h2,4,10-11H,3,5-9,12H2,1H3,(H2,18,20,21). The van der Waals surface area contributed by atoms with Crippen molar-refractivity contribution in [1.82, 2.24) is 19.9 Å². The van der Waals surface area contributed by atoms with Crippen LogP contribution in [0.15, 0.2) is 34.6 Å². The van der Waals surface area contributed by atoms with Gasteiger partial charge in [-0.3, -0.25) is 9.88 Å². The molecule has 0 aliphatic carbocycles. The average molecular weight is 378 g/mol. The fourth-order valence-corrected chi connectivity index (χ4v) is 3.92. The fraction of sp³-hybridized carbons (Fsp3) is 0.471. The maximum Gasteiger partial charge on any atom is 0.190 e. The predicted molar refractivity (Wildman–Crippen MR) is 103 cm³/mol. The van der Waals surface area contributed by atoms with Crippen molar-refractivity contribution in [3.63, 3.8) is 0 Å². The molecule has 0 amide bonds. The van der Waals surface area contributed by atoms with Gasteiger partial charge in [-0.1, -0.05) is 11.8 Å². The van der Waals surface area contributed by atoms with Gasteiger partial charge < -0.3 is 10.5 Å². The molecule has 2 aromatic rings. The van der Waals surface area contributed by atoms with Gasteiger partial charge in [-0.2, -0.15) is 0 Å². The lowest BCUT2D eigenvalue weighted by molar-refractivity contribution is 0.0342. The molecule has 0 unspecified atom stereocenters. The van der Waals surface area contributed by atoms with E-state index in [1.165, 1.54) is 5.56 Å². The van der Waals surface area contributed by atoms with E-state index in [-0.39, 0.29) is 0 Å². The number of aryl methyl sites for hydroxylation is 1. The maximum atomic E-state index is 5.82. The van der Waals surface area contributed by atoms with Crippen LogP contribution in [0.1, 0.15) is 11.3 Å². The van der Waals surface area contributed by atoms with Crippen LogP contribution in [0.25, 0.3) is 0 Å². The molecule has 0 aromatic carbocycles. The number of nitrogens with zero attached hydrogens (tertiary/aromatic N) is 4. The van der Waals surface area contributed by atoms with E-state index in [2.05, 4.69) is 32.0 Å². The summed E-state index contributed by atoms with van der Waals surface area (Å²) < 4.78 is 5.40. The molecule has 8 heteroatoms. The smallest absolute Gasteiger partial charge is 0.190 e. The molecule has 3 rings (SSSR count). The van der Waals surface area contributed by atoms with Crippen LogP contribution in [0.5, 0.6) is 0 Å². The Balaban J connectivity index is 1.53. The van der Waals surface area contributed by atoms with Gasteiger partial charge in [-0.05, 0) is 30.4 Å². The van der Waals surface area contributed by atoms with Gasteiger partial charge in [0, 0.05) is 43.3 Å². The summed E-state index contributed by atoms with van der Waals surface area (Å²) in [6.45, 7) is 4.61. The molecule has 134 valence electrons. The number of hydrogen-bond donors (Lipinski definition) is 1. The zero-order valence-electron chi connectivity index (χ0n) is 14.4. The first-order valence-corrected chi connectivity index (χ1v) is 10.5. The second kappa shape index (κ2) is 9.38. The number of thioether (sulfide) groups is 2. The minimum Gasteiger partial charge on any atom is -0.384 e. The summed E-state index contributed by atoms with van der Waals surface area (Å²) >= 11 is 3.19. The molecule has 0 saturated carbocycles. The Hall–Kier alpha value is -1.35. The van der Waals surface area contributed by atoms with Gasteiger partial charge in [0.25, 0.3) is 0 Å². The van der Waals surface area contributed by atoms with Crippen molar-refractivity contribution < 1.29 is 4.74 Å². The highest BCUT2D eigenvalue weighted by molar-refractivity contribution is 7.99. The molecule has 1 aliphatic rings. The lowest BCUT2D eigenvalue weighted by Crippen LogP contribution is -2.35. The Morgan fingerprint density at radius 1 is 1.24 bits per heavy atom. The van der Waals surface area contributed by atoms with Gasteiger partial charge in [-0.25, -0.2) is 9.97 Å². The summed E-state index contributed by atoms with van der Waals surface area (Å²) in [6, 6.07) is 6.09. The van der Waals surface area contributed by atoms with Crippen LogP contribution in [0.2, 0.25) is 0 Å². The van der Waals surface area contributed by atoms with E-state index in [1.807, 2.05) is 12.5 Å². The first-order chi connectivity index (χ1) is 12.2. The highest BCUT2D eigenvalue weighted by Gasteiger charge is 2.11. The minimum atomic E-state index is 0.521. The SMILES string of the molecule is CSc1cc(N)nc(SCCc2cc(CN3CCOCC3)ccn2)n1. The highest BCUT2D eigenvalue weighted by Crippen LogP contribution is 2.21. The molecule has 0 bridgehead atoms. The van der Waals surface area contributed by atoms with E-state index in [9.17, 15) is 0 Å². The third kappa shape index (κ3) is 5.85. The van der Waals surface area contributed by atoms with Gasteiger partial charge in [0.15, 0.2) is 5.16 Å². The topological polar surface area (TPSA) is 77.2 Å². The van der Waals surface area contributed by atoms with E-state index in [0.29, 0.717) is 5.82 Å². The number of rotatable bonds is 7. The molecule has 3 heterocycles. The first kappa shape index (κ1) is 18.4. The monoisotopic (exact) mass is 377 g/mol. The van der Waals surface area contributed by atoms with Crippen LogP contribution in [-0.2, 0) is 17.7 Å².